The van der Waals surface area contributed by atoms with Gasteiger partial charge in [-0.05, 0) is 73.5 Å². The van der Waals surface area contributed by atoms with Gasteiger partial charge in [-0.1, -0.05) is 24.6 Å². The van der Waals surface area contributed by atoms with Gasteiger partial charge in [-0.2, -0.15) is 13.2 Å². The number of benzene rings is 3. The molecule has 0 radical (unpaired) electrons. The van der Waals surface area contributed by atoms with E-state index in [0.717, 1.165) is 12.1 Å². The molecule has 0 aliphatic rings. The summed E-state index contributed by atoms with van der Waals surface area (Å²) in [5.74, 6) is 0.607. The van der Waals surface area contributed by atoms with Crippen LogP contribution in [-0.4, -0.2) is 28.9 Å². The highest BCUT2D eigenvalue weighted by Crippen LogP contribution is 2.40. The molecule has 38 heavy (non-hydrogen) atoms. The summed E-state index contributed by atoms with van der Waals surface area (Å²) in [5, 5.41) is 10.1. The number of rotatable bonds is 9. The Morgan fingerprint density at radius 1 is 1.05 bits per heavy atom. The SMILES string of the molecule is CCC(Oc1cc(Cn2c(C)c(Oc3ccc(OC)cc3)c3ccc(C(F)(F)F)cc32)ccc1Cl)C(=O)O. The zero-order valence-electron chi connectivity index (χ0n) is 20.8. The van der Waals surface area contributed by atoms with E-state index in [4.69, 9.17) is 25.8 Å². The van der Waals surface area contributed by atoms with Gasteiger partial charge < -0.3 is 23.9 Å². The number of fused-ring (bicyclic) bond motifs is 1. The van der Waals surface area contributed by atoms with Crippen molar-refractivity contribution in [2.75, 3.05) is 7.11 Å². The largest absolute Gasteiger partial charge is 0.497 e. The maximum atomic E-state index is 13.6. The number of carboxylic acid groups (broad SMARTS) is 1. The summed E-state index contributed by atoms with van der Waals surface area (Å²) in [7, 11) is 1.54. The highest BCUT2D eigenvalue weighted by atomic mass is 35.5. The first-order valence-electron chi connectivity index (χ1n) is 11.7. The van der Waals surface area contributed by atoms with E-state index < -0.39 is 23.8 Å². The Hall–Kier alpha value is -3.85. The molecule has 0 aliphatic carbocycles. The number of hydrogen-bond acceptors (Lipinski definition) is 4. The molecule has 6 nitrogen and oxygen atoms in total. The fraction of sp³-hybridized carbons (Fsp3) is 0.250. The highest BCUT2D eigenvalue weighted by Gasteiger charge is 2.31. The van der Waals surface area contributed by atoms with Crippen molar-refractivity contribution in [3.8, 4) is 23.0 Å². The van der Waals surface area contributed by atoms with Crippen LogP contribution in [0.2, 0.25) is 5.02 Å². The van der Waals surface area contributed by atoms with Crippen molar-refractivity contribution in [3.63, 3.8) is 0 Å². The average Bonchev–Trinajstić information content (AvgIpc) is 3.14. The van der Waals surface area contributed by atoms with Gasteiger partial charge >= 0.3 is 12.1 Å². The van der Waals surface area contributed by atoms with E-state index in [1.54, 1.807) is 68.0 Å². The van der Waals surface area contributed by atoms with E-state index in [1.807, 2.05) is 0 Å². The van der Waals surface area contributed by atoms with E-state index in [0.29, 0.717) is 39.4 Å². The van der Waals surface area contributed by atoms with Gasteiger partial charge in [0.05, 0.1) is 28.9 Å². The smallest absolute Gasteiger partial charge is 0.416 e. The van der Waals surface area contributed by atoms with Crippen LogP contribution >= 0.6 is 11.6 Å². The van der Waals surface area contributed by atoms with Crippen molar-refractivity contribution < 1.29 is 37.3 Å². The summed E-state index contributed by atoms with van der Waals surface area (Å²) in [6, 6.07) is 15.3. The van der Waals surface area contributed by atoms with Crippen LogP contribution in [0.1, 0.15) is 30.2 Å². The molecule has 1 aromatic heterocycles. The van der Waals surface area contributed by atoms with Crippen molar-refractivity contribution in [1.82, 2.24) is 4.57 Å². The Labute approximate surface area is 222 Å². The van der Waals surface area contributed by atoms with Gasteiger partial charge in [0.1, 0.15) is 17.2 Å². The van der Waals surface area contributed by atoms with Crippen molar-refractivity contribution in [2.24, 2.45) is 0 Å². The van der Waals surface area contributed by atoms with E-state index in [1.165, 1.54) is 6.07 Å². The van der Waals surface area contributed by atoms with Crippen molar-refractivity contribution in [2.45, 2.75) is 39.1 Å². The van der Waals surface area contributed by atoms with Crippen LogP contribution in [0.15, 0.2) is 60.7 Å². The Morgan fingerprint density at radius 3 is 2.34 bits per heavy atom. The summed E-state index contributed by atoms with van der Waals surface area (Å²) >= 11 is 6.24. The number of alkyl halides is 3. The molecular weight excluding hydrogens is 523 g/mol. The zero-order chi connectivity index (χ0) is 27.6. The Kier molecular flexibility index (Phi) is 7.78. The van der Waals surface area contributed by atoms with Gasteiger partial charge in [0.2, 0.25) is 0 Å². The molecule has 0 saturated heterocycles. The lowest BCUT2D eigenvalue weighted by molar-refractivity contribution is -0.145. The van der Waals surface area contributed by atoms with Crippen LogP contribution in [0.5, 0.6) is 23.0 Å². The molecule has 4 rings (SSSR count). The second-order valence-corrected chi connectivity index (χ2v) is 9.03. The Morgan fingerprint density at radius 2 is 1.74 bits per heavy atom. The Balaban J connectivity index is 1.78. The van der Waals surface area contributed by atoms with Gasteiger partial charge in [0.25, 0.3) is 0 Å². The summed E-state index contributed by atoms with van der Waals surface area (Å²) in [4.78, 5) is 11.4. The second-order valence-electron chi connectivity index (χ2n) is 8.63. The molecule has 0 amide bonds. The first kappa shape index (κ1) is 27.2. The first-order valence-corrected chi connectivity index (χ1v) is 12.1. The Bertz CT molecular complexity index is 1460. The molecule has 1 heterocycles. The molecule has 1 unspecified atom stereocenters. The summed E-state index contributed by atoms with van der Waals surface area (Å²) < 4.78 is 59.4. The monoisotopic (exact) mass is 547 g/mol. The van der Waals surface area contributed by atoms with Crippen molar-refractivity contribution >= 4 is 28.5 Å². The minimum absolute atomic E-state index is 0.160. The number of hydrogen-bond donors (Lipinski definition) is 1. The third-order valence-electron chi connectivity index (χ3n) is 6.13. The highest BCUT2D eigenvalue weighted by molar-refractivity contribution is 6.32. The number of carbonyl (C=O) groups is 1. The normalized spacial score (nSPS) is 12.4. The molecule has 1 atom stereocenters. The standard InChI is InChI=1S/C28H25ClF3NO5/c1-4-24(27(34)35)38-25-13-17(5-12-22(25)29)15-33-16(2)26(37-20-9-7-19(36-3)8-10-20)21-11-6-18(14-23(21)33)28(30,31)32/h5-14,24H,4,15H2,1-3H3,(H,34,35). The van der Waals surface area contributed by atoms with Crippen LogP contribution in [0.4, 0.5) is 13.2 Å². The number of nitrogens with zero attached hydrogens (tertiary/aromatic N) is 1. The third kappa shape index (κ3) is 5.67. The molecule has 1 N–H and O–H groups in total. The minimum atomic E-state index is -4.53. The lowest BCUT2D eigenvalue weighted by Gasteiger charge is -2.16. The summed E-state index contributed by atoms with van der Waals surface area (Å²) in [6.45, 7) is 3.60. The number of methoxy groups -OCH3 is 1. The molecular formula is C28H25ClF3NO5. The average molecular weight is 548 g/mol. The molecule has 3 aromatic carbocycles. The van der Waals surface area contributed by atoms with Gasteiger partial charge in [-0.25, -0.2) is 4.79 Å². The van der Waals surface area contributed by atoms with E-state index in [2.05, 4.69) is 0 Å². The van der Waals surface area contributed by atoms with Gasteiger partial charge in [0, 0.05) is 11.9 Å². The molecule has 0 aliphatic heterocycles. The lowest BCUT2D eigenvalue weighted by atomic mass is 10.1. The molecule has 10 heteroatoms. The lowest BCUT2D eigenvalue weighted by Crippen LogP contribution is -2.26. The summed E-state index contributed by atoms with van der Waals surface area (Å²) in [5.41, 5.74) is 0.796. The maximum Gasteiger partial charge on any atom is 0.416 e. The van der Waals surface area contributed by atoms with Crippen LogP contribution in [0.25, 0.3) is 10.9 Å². The first-order chi connectivity index (χ1) is 18.0. The molecule has 0 fully saturated rings. The molecule has 0 spiro atoms. The number of carboxylic acids is 1. The quantitative estimate of drug-likeness (QED) is 0.232. The summed E-state index contributed by atoms with van der Waals surface area (Å²) in [6.07, 6.45) is -5.39. The van der Waals surface area contributed by atoms with Crippen molar-refractivity contribution in [3.05, 3.63) is 82.5 Å². The van der Waals surface area contributed by atoms with Gasteiger partial charge in [0.15, 0.2) is 11.9 Å². The van der Waals surface area contributed by atoms with Crippen LogP contribution in [0, 0.1) is 6.92 Å². The minimum Gasteiger partial charge on any atom is -0.497 e. The van der Waals surface area contributed by atoms with E-state index >= 15 is 0 Å². The molecule has 0 saturated carbocycles. The number of aliphatic carboxylic acids is 1. The number of aromatic nitrogens is 1. The van der Waals surface area contributed by atoms with E-state index in [-0.39, 0.29) is 23.7 Å². The zero-order valence-corrected chi connectivity index (χ0v) is 21.6. The van der Waals surface area contributed by atoms with Gasteiger partial charge in [-0.3, -0.25) is 0 Å². The molecule has 200 valence electrons. The fourth-order valence-corrected chi connectivity index (χ4v) is 4.26. The van der Waals surface area contributed by atoms with E-state index in [9.17, 15) is 23.1 Å². The maximum absolute atomic E-state index is 13.6. The van der Waals surface area contributed by atoms with Crippen molar-refractivity contribution in [1.29, 1.82) is 0 Å². The molecule has 0 bridgehead atoms. The predicted octanol–water partition coefficient (Wildman–Crippen LogP) is 7.71. The van der Waals surface area contributed by atoms with Crippen LogP contribution in [0.3, 0.4) is 0 Å². The predicted molar refractivity (Wildman–Crippen MR) is 138 cm³/mol. The second kappa shape index (κ2) is 10.9. The fourth-order valence-electron chi connectivity index (χ4n) is 4.10. The third-order valence-corrected chi connectivity index (χ3v) is 6.44. The molecule has 4 aromatic rings. The van der Waals surface area contributed by atoms with Gasteiger partial charge in [-0.15, -0.1) is 0 Å². The number of halogens is 4. The topological polar surface area (TPSA) is 69.9 Å². The van der Waals surface area contributed by atoms with Crippen LogP contribution in [-0.2, 0) is 17.5 Å². The number of ether oxygens (including phenoxy) is 3. The van der Waals surface area contributed by atoms with Crippen LogP contribution < -0.4 is 14.2 Å².